The molecule has 25 heavy (non-hydrogen) atoms. The lowest BCUT2D eigenvalue weighted by Crippen LogP contribution is -2.37. The molecule has 136 valence electrons. The molecule has 0 heterocycles. The summed E-state index contributed by atoms with van der Waals surface area (Å²) in [4.78, 5) is 1.97. The van der Waals surface area contributed by atoms with Crippen molar-refractivity contribution in [2.24, 2.45) is 0 Å². The van der Waals surface area contributed by atoms with Gasteiger partial charge in [0, 0.05) is 32.3 Å². The van der Waals surface area contributed by atoms with Crippen molar-refractivity contribution in [2.45, 2.75) is 19.6 Å². The van der Waals surface area contributed by atoms with Crippen molar-refractivity contribution in [3.63, 3.8) is 0 Å². The first kappa shape index (κ1) is 19.4. The van der Waals surface area contributed by atoms with Gasteiger partial charge in [-0.2, -0.15) is 0 Å². The Morgan fingerprint density at radius 3 is 2.56 bits per heavy atom. The summed E-state index contributed by atoms with van der Waals surface area (Å²) in [5.41, 5.74) is 1.63. The molecule has 0 aliphatic heterocycles. The Balaban J connectivity index is 1.91. The normalized spacial score (nSPS) is 12.4. The van der Waals surface area contributed by atoms with Crippen molar-refractivity contribution in [3.05, 3.63) is 65.5 Å². The molecule has 2 rings (SSSR count). The van der Waals surface area contributed by atoms with Crippen LogP contribution in [0.2, 0.25) is 0 Å². The highest BCUT2D eigenvalue weighted by Gasteiger charge is 2.15. The molecule has 2 aromatic carbocycles. The van der Waals surface area contributed by atoms with Crippen LogP contribution in [0.4, 0.5) is 4.39 Å². The van der Waals surface area contributed by atoms with Crippen molar-refractivity contribution in [1.29, 1.82) is 0 Å². The minimum absolute atomic E-state index is 0.186. The zero-order chi connectivity index (χ0) is 18.1. The zero-order valence-electron chi connectivity index (χ0n) is 14.8. The Hall–Kier alpha value is -1.95. The van der Waals surface area contributed by atoms with E-state index in [9.17, 15) is 9.50 Å². The smallest absolute Gasteiger partial charge is 0.127 e. The predicted octanol–water partition coefficient (Wildman–Crippen LogP) is 3.02. The van der Waals surface area contributed by atoms with E-state index in [-0.39, 0.29) is 12.4 Å². The number of nitrogens with zero attached hydrogens (tertiary/aromatic N) is 1. The van der Waals surface area contributed by atoms with Gasteiger partial charge in [0.15, 0.2) is 0 Å². The molecule has 0 aliphatic carbocycles. The summed E-state index contributed by atoms with van der Waals surface area (Å²) in [6.07, 6.45) is -0.678. The fourth-order valence-electron chi connectivity index (χ4n) is 2.58. The average Bonchev–Trinajstić information content (AvgIpc) is 2.61. The molecular formula is C20H26FNO3. The van der Waals surface area contributed by atoms with E-state index in [1.54, 1.807) is 19.2 Å². The van der Waals surface area contributed by atoms with Gasteiger partial charge in [0.05, 0.1) is 6.61 Å². The monoisotopic (exact) mass is 347 g/mol. The van der Waals surface area contributed by atoms with Crippen LogP contribution in [0.5, 0.6) is 5.75 Å². The lowest BCUT2D eigenvalue weighted by atomic mass is 10.2. The standard InChI is InChI=1S/C20H26FNO3/c1-16-7-3-6-10-20(16)25-15-18(23)14-22(11-12-24-2)13-17-8-4-5-9-19(17)21/h3-10,18,23H,11-15H2,1-2H3/t18-/m0/s1. The number of aliphatic hydroxyl groups is 1. The van der Waals surface area contributed by atoms with Crippen LogP contribution in [0.1, 0.15) is 11.1 Å². The molecule has 0 bridgehead atoms. The topological polar surface area (TPSA) is 41.9 Å². The molecule has 0 saturated carbocycles. The van der Waals surface area contributed by atoms with Crippen LogP contribution in [-0.4, -0.2) is 49.5 Å². The second kappa shape index (κ2) is 10.1. The van der Waals surface area contributed by atoms with Crippen molar-refractivity contribution in [1.82, 2.24) is 4.90 Å². The van der Waals surface area contributed by atoms with E-state index < -0.39 is 6.10 Å². The first-order chi connectivity index (χ1) is 12.1. The number of hydrogen-bond acceptors (Lipinski definition) is 4. The number of methoxy groups -OCH3 is 1. The number of hydrogen-bond donors (Lipinski definition) is 1. The Labute approximate surface area is 148 Å². The lowest BCUT2D eigenvalue weighted by molar-refractivity contribution is 0.0536. The van der Waals surface area contributed by atoms with Crippen LogP contribution in [0.3, 0.4) is 0 Å². The van der Waals surface area contributed by atoms with E-state index >= 15 is 0 Å². The number of para-hydroxylation sites is 1. The van der Waals surface area contributed by atoms with Gasteiger partial charge in [-0.1, -0.05) is 36.4 Å². The highest BCUT2D eigenvalue weighted by molar-refractivity contribution is 5.31. The van der Waals surface area contributed by atoms with Gasteiger partial charge in [0.1, 0.15) is 24.3 Å². The van der Waals surface area contributed by atoms with Crippen LogP contribution < -0.4 is 4.74 Å². The molecule has 1 N–H and O–H groups in total. The summed E-state index contributed by atoms with van der Waals surface area (Å²) < 4.78 is 24.7. The summed E-state index contributed by atoms with van der Waals surface area (Å²) in [6.45, 7) is 4.06. The molecule has 4 nitrogen and oxygen atoms in total. The predicted molar refractivity (Wildman–Crippen MR) is 96.2 cm³/mol. The van der Waals surface area contributed by atoms with E-state index in [1.165, 1.54) is 6.07 Å². The third-order valence-electron chi connectivity index (χ3n) is 3.96. The van der Waals surface area contributed by atoms with Crippen LogP contribution in [0.15, 0.2) is 48.5 Å². The van der Waals surface area contributed by atoms with Crippen LogP contribution >= 0.6 is 0 Å². The molecule has 0 amide bonds. The molecule has 0 radical (unpaired) electrons. The maximum Gasteiger partial charge on any atom is 0.127 e. The first-order valence-corrected chi connectivity index (χ1v) is 8.41. The molecular weight excluding hydrogens is 321 g/mol. The largest absolute Gasteiger partial charge is 0.491 e. The van der Waals surface area contributed by atoms with Crippen molar-refractivity contribution in [3.8, 4) is 5.75 Å². The van der Waals surface area contributed by atoms with Crippen molar-refractivity contribution >= 4 is 0 Å². The zero-order valence-corrected chi connectivity index (χ0v) is 14.8. The minimum Gasteiger partial charge on any atom is -0.491 e. The van der Waals surface area contributed by atoms with E-state index in [2.05, 4.69) is 0 Å². The van der Waals surface area contributed by atoms with Gasteiger partial charge >= 0.3 is 0 Å². The van der Waals surface area contributed by atoms with E-state index in [4.69, 9.17) is 9.47 Å². The van der Waals surface area contributed by atoms with E-state index in [0.717, 1.165) is 11.3 Å². The number of aryl methyl sites for hydroxylation is 1. The highest BCUT2D eigenvalue weighted by Crippen LogP contribution is 2.16. The SMILES string of the molecule is COCCN(Cc1ccccc1F)C[C@H](O)COc1ccccc1C. The number of benzene rings is 2. The molecule has 0 spiro atoms. The van der Waals surface area contributed by atoms with E-state index in [1.807, 2.05) is 42.2 Å². The van der Waals surface area contributed by atoms with Crippen LogP contribution in [0, 0.1) is 12.7 Å². The Bertz CT molecular complexity index is 650. The molecule has 5 heteroatoms. The fraction of sp³-hybridized carbons (Fsp3) is 0.400. The van der Waals surface area contributed by atoms with Crippen LogP contribution in [0.25, 0.3) is 0 Å². The summed E-state index contributed by atoms with van der Waals surface area (Å²) in [5.74, 6) is 0.523. The maximum atomic E-state index is 13.9. The molecule has 0 aromatic heterocycles. The highest BCUT2D eigenvalue weighted by atomic mass is 19.1. The van der Waals surface area contributed by atoms with Crippen LogP contribution in [-0.2, 0) is 11.3 Å². The third-order valence-corrected chi connectivity index (χ3v) is 3.96. The molecule has 0 unspecified atom stereocenters. The number of halogens is 1. The number of rotatable bonds is 10. The quantitative estimate of drug-likeness (QED) is 0.717. The molecule has 0 fully saturated rings. The second-order valence-electron chi connectivity index (χ2n) is 6.05. The fourth-order valence-corrected chi connectivity index (χ4v) is 2.58. The maximum absolute atomic E-state index is 13.9. The number of ether oxygens (including phenoxy) is 2. The molecule has 2 aromatic rings. The average molecular weight is 347 g/mol. The van der Waals surface area contributed by atoms with Gasteiger partial charge in [-0.15, -0.1) is 0 Å². The van der Waals surface area contributed by atoms with Gasteiger partial charge in [-0.25, -0.2) is 4.39 Å². The summed E-state index contributed by atoms with van der Waals surface area (Å²) in [6, 6.07) is 14.4. The van der Waals surface area contributed by atoms with Gasteiger partial charge in [-0.05, 0) is 24.6 Å². The minimum atomic E-state index is -0.678. The second-order valence-corrected chi connectivity index (χ2v) is 6.05. The van der Waals surface area contributed by atoms with Gasteiger partial charge in [0.2, 0.25) is 0 Å². The van der Waals surface area contributed by atoms with Gasteiger partial charge in [0.25, 0.3) is 0 Å². The molecule has 1 atom stereocenters. The van der Waals surface area contributed by atoms with Crippen molar-refractivity contribution in [2.75, 3.05) is 33.4 Å². The summed E-state index contributed by atoms with van der Waals surface area (Å²) >= 11 is 0. The lowest BCUT2D eigenvalue weighted by Gasteiger charge is -2.25. The molecule has 0 saturated heterocycles. The Morgan fingerprint density at radius 2 is 1.84 bits per heavy atom. The van der Waals surface area contributed by atoms with E-state index in [0.29, 0.717) is 31.8 Å². The Kier molecular flexibility index (Phi) is 7.85. The first-order valence-electron chi connectivity index (χ1n) is 8.41. The Morgan fingerprint density at radius 1 is 1.12 bits per heavy atom. The summed E-state index contributed by atoms with van der Waals surface area (Å²) in [5, 5.41) is 10.3. The van der Waals surface area contributed by atoms with Gasteiger partial charge in [-0.3, -0.25) is 4.90 Å². The molecule has 0 aliphatic rings. The van der Waals surface area contributed by atoms with Gasteiger partial charge < -0.3 is 14.6 Å². The summed E-state index contributed by atoms with van der Waals surface area (Å²) in [7, 11) is 1.62. The van der Waals surface area contributed by atoms with Crippen molar-refractivity contribution < 1.29 is 19.0 Å². The third kappa shape index (κ3) is 6.46. The number of aliphatic hydroxyl groups excluding tert-OH is 1.